The monoisotopic (exact) mass is 457 g/mol. The lowest BCUT2D eigenvalue weighted by atomic mass is 9.94. The van der Waals surface area contributed by atoms with Crippen LogP contribution in [-0.4, -0.2) is 29.6 Å². The number of halogens is 1. The van der Waals surface area contributed by atoms with Crippen LogP contribution in [0.5, 0.6) is 0 Å². The molecular weight excluding hydrogens is 434 g/mol. The summed E-state index contributed by atoms with van der Waals surface area (Å²) in [6.07, 6.45) is 0. The van der Waals surface area contributed by atoms with Crippen LogP contribution >= 0.6 is 11.6 Å². The minimum Gasteiger partial charge on any atom is -0.378 e. The van der Waals surface area contributed by atoms with Crippen LogP contribution in [0.15, 0.2) is 84.1 Å². The van der Waals surface area contributed by atoms with Gasteiger partial charge in [-0.25, -0.2) is 4.98 Å². The normalized spacial score (nSPS) is 15.2. The molecular formula is C26H24ClN5O. The summed E-state index contributed by atoms with van der Waals surface area (Å²) in [5.41, 5.74) is 6.04. The molecule has 0 fully saturated rings. The van der Waals surface area contributed by atoms with Gasteiger partial charge in [-0.15, -0.1) is 0 Å². The predicted molar refractivity (Wildman–Crippen MR) is 135 cm³/mol. The van der Waals surface area contributed by atoms with Gasteiger partial charge in [0.1, 0.15) is 0 Å². The lowest BCUT2D eigenvalue weighted by Gasteiger charge is -2.31. The number of hydrogen-bond acceptors (Lipinski definition) is 4. The van der Waals surface area contributed by atoms with Gasteiger partial charge in [-0.2, -0.15) is 0 Å². The Hall–Kier alpha value is -3.77. The van der Waals surface area contributed by atoms with Gasteiger partial charge in [-0.3, -0.25) is 9.36 Å². The Labute approximate surface area is 197 Å². The number of rotatable bonds is 4. The first-order valence-corrected chi connectivity index (χ1v) is 11.1. The average molecular weight is 458 g/mol. The summed E-state index contributed by atoms with van der Waals surface area (Å²) in [7, 11) is 4.02. The zero-order valence-corrected chi connectivity index (χ0v) is 19.4. The molecule has 4 aromatic rings. The van der Waals surface area contributed by atoms with E-state index < -0.39 is 0 Å². The van der Waals surface area contributed by atoms with Crippen molar-refractivity contribution in [2.45, 2.75) is 13.0 Å². The SMILES string of the molecule is CC1=C(C(=O)Nc2ccc(Cl)cc2)[C@H](c2ccc(N(C)C)cc2)n2c(nc3ccccc32)N1. The number of nitrogens with one attached hydrogen (secondary N) is 2. The third-order valence-electron chi connectivity index (χ3n) is 5.90. The second-order valence-electron chi connectivity index (χ2n) is 8.31. The molecule has 0 saturated heterocycles. The van der Waals surface area contributed by atoms with E-state index in [1.54, 1.807) is 24.3 Å². The molecule has 1 atom stereocenters. The number of aromatic nitrogens is 2. The molecule has 0 unspecified atom stereocenters. The van der Waals surface area contributed by atoms with Crippen molar-refractivity contribution in [2.24, 2.45) is 0 Å². The number of allylic oxidation sites excluding steroid dienone is 1. The van der Waals surface area contributed by atoms with Crippen molar-refractivity contribution >= 4 is 45.9 Å². The third-order valence-corrected chi connectivity index (χ3v) is 6.15. The van der Waals surface area contributed by atoms with Crippen LogP contribution in [0.2, 0.25) is 5.02 Å². The van der Waals surface area contributed by atoms with E-state index in [4.69, 9.17) is 16.6 Å². The van der Waals surface area contributed by atoms with Crippen molar-refractivity contribution in [2.75, 3.05) is 29.6 Å². The van der Waals surface area contributed by atoms with Crippen LogP contribution in [0.1, 0.15) is 18.5 Å². The molecule has 0 spiro atoms. The first-order valence-electron chi connectivity index (χ1n) is 10.7. The number of anilines is 3. The van der Waals surface area contributed by atoms with Crippen LogP contribution < -0.4 is 15.5 Å². The fraction of sp³-hybridized carbons (Fsp3) is 0.154. The number of benzene rings is 3. The van der Waals surface area contributed by atoms with Gasteiger partial charge in [-0.05, 0) is 61.0 Å². The topological polar surface area (TPSA) is 62.2 Å². The number of hydrogen-bond donors (Lipinski definition) is 2. The van der Waals surface area contributed by atoms with Crippen LogP contribution in [0.25, 0.3) is 11.0 Å². The first-order chi connectivity index (χ1) is 15.9. The zero-order chi connectivity index (χ0) is 23.1. The Balaban J connectivity index is 1.64. The average Bonchev–Trinajstić information content (AvgIpc) is 3.17. The van der Waals surface area contributed by atoms with Crippen molar-refractivity contribution in [3.63, 3.8) is 0 Å². The molecule has 7 heteroatoms. The van der Waals surface area contributed by atoms with Crippen molar-refractivity contribution < 1.29 is 4.79 Å². The van der Waals surface area contributed by atoms with E-state index in [2.05, 4.69) is 44.4 Å². The van der Waals surface area contributed by atoms with E-state index in [1.165, 1.54) is 0 Å². The predicted octanol–water partition coefficient (Wildman–Crippen LogP) is 5.68. The summed E-state index contributed by atoms with van der Waals surface area (Å²) >= 11 is 6.01. The minimum atomic E-state index is -0.336. The molecule has 0 radical (unpaired) electrons. The maximum Gasteiger partial charge on any atom is 0.255 e. The lowest BCUT2D eigenvalue weighted by Crippen LogP contribution is -2.31. The van der Waals surface area contributed by atoms with Crippen LogP contribution in [0.4, 0.5) is 17.3 Å². The first kappa shape index (κ1) is 21.1. The van der Waals surface area contributed by atoms with E-state index in [1.807, 2.05) is 45.3 Å². The van der Waals surface area contributed by atoms with Crippen molar-refractivity contribution in [1.82, 2.24) is 9.55 Å². The number of carbonyl (C=O) groups is 1. The highest BCUT2D eigenvalue weighted by Gasteiger charge is 2.34. The summed E-state index contributed by atoms with van der Waals surface area (Å²) in [6, 6.07) is 23.0. The Bertz CT molecular complexity index is 1370. The molecule has 33 heavy (non-hydrogen) atoms. The lowest BCUT2D eigenvalue weighted by molar-refractivity contribution is -0.113. The minimum absolute atomic E-state index is 0.174. The molecule has 1 aromatic heterocycles. The van der Waals surface area contributed by atoms with Gasteiger partial charge in [-0.1, -0.05) is 35.9 Å². The van der Waals surface area contributed by atoms with Crippen LogP contribution in [-0.2, 0) is 4.79 Å². The van der Waals surface area contributed by atoms with Crippen LogP contribution in [0, 0.1) is 0 Å². The van der Waals surface area contributed by atoms with Gasteiger partial charge in [0.2, 0.25) is 5.95 Å². The molecule has 0 aliphatic carbocycles. The van der Waals surface area contributed by atoms with Crippen molar-refractivity contribution in [3.05, 3.63) is 94.7 Å². The number of nitrogens with zero attached hydrogens (tertiary/aromatic N) is 3. The van der Waals surface area contributed by atoms with Crippen molar-refractivity contribution in [1.29, 1.82) is 0 Å². The highest BCUT2D eigenvalue weighted by molar-refractivity contribution is 6.30. The molecule has 1 aliphatic heterocycles. The zero-order valence-electron chi connectivity index (χ0n) is 18.6. The number of para-hydroxylation sites is 2. The fourth-order valence-corrected chi connectivity index (χ4v) is 4.39. The second kappa shape index (κ2) is 8.30. The Kier molecular flexibility index (Phi) is 5.30. The quantitative estimate of drug-likeness (QED) is 0.413. The molecule has 6 nitrogen and oxygen atoms in total. The van der Waals surface area contributed by atoms with E-state index in [-0.39, 0.29) is 11.9 Å². The molecule has 5 rings (SSSR count). The second-order valence-corrected chi connectivity index (χ2v) is 8.74. The molecule has 166 valence electrons. The molecule has 2 N–H and O–H groups in total. The summed E-state index contributed by atoms with van der Waals surface area (Å²) in [5, 5.41) is 7.00. The summed E-state index contributed by atoms with van der Waals surface area (Å²) in [6.45, 7) is 1.92. The molecule has 2 heterocycles. The van der Waals surface area contributed by atoms with Gasteiger partial charge < -0.3 is 15.5 Å². The van der Waals surface area contributed by atoms with E-state index in [0.717, 1.165) is 33.9 Å². The van der Waals surface area contributed by atoms with E-state index >= 15 is 0 Å². The maximum absolute atomic E-state index is 13.6. The van der Waals surface area contributed by atoms with Gasteiger partial charge >= 0.3 is 0 Å². The summed E-state index contributed by atoms with van der Waals surface area (Å²) in [5.74, 6) is 0.547. The fourth-order valence-electron chi connectivity index (χ4n) is 4.26. The number of carbonyl (C=O) groups excluding carboxylic acids is 1. The summed E-state index contributed by atoms with van der Waals surface area (Å²) in [4.78, 5) is 20.4. The van der Waals surface area contributed by atoms with E-state index in [9.17, 15) is 4.79 Å². The smallest absolute Gasteiger partial charge is 0.255 e. The highest BCUT2D eigenvalue weighted by Crippen LogP contribution is 2.39. The van der Waals surface area contributed by atoms with Gasteiger partial charge in [0.05, 0.1) is 22.6 Å². The third kappa shape index (κ3) is 3.83. The Morgan fingerprint density at radius 3 is 2.42 bits per heavy atom. The maximum atomic E-state index is 13.6. The molecule has 1 aliphatic rings. The molecule has 0 bridgehead atoms. The van der Waals surface area contributed by atoms with Gasteiger partial charge in [0.25, 0.3) is 5.91 Å². The van der Waals surface area contributed by atoms with Crippen molar-refractivity contribution in [3.8, 4) is 0 Å². The number of imidazole rings is 1. The van der Waals surface area contributed by atoms with Gasteiger partial charge in [0, 0.05) is 36.2 Å². The molecule has 3 aromatic carbocycles. The summed E-state index contributed by atoms with van der Waals surface area (Å²) < 4.78 is 2.10. The standard InChI is InChI=1S/C26H24ClN5O/c1-16-23(25(33)29-19-12-10-18(27)11-13-19)24(17-8-14-20(15-9-17)31(2)3)32-22-7-5-4-6-21(22)30-26(32)28-16/h4-15,24H,1-3H3,(H,28,30)(H,29,33)/t24-/m0/s1. The van der Waals surface area contributed by atoms with Crippen LogP contribution in [0.3, 0.4) is 0 Å². The Morgan fingerprint density at radius 2 is 1.73 bits per heavy atom. The highest BCUT2D eigenvalue weighted by atomic mass is 35.5. The number of amides is 1. The van der Waals surface area contributed by atoms with E-state index in [0.29, 0.717) is 16.3 Å². The number of fused-ring (bicyclic) bond motifs is 3. The molecule has 1 amide bonds. The Morgan fingerprint density at radius 1 is 1.03 bits per heavy atom. The largest absolute Gasteiger partial charge is 0.378 e. The van der Waals surface area contributed by atoms with Gasteiger partial charge in [0.15, 0.2) is 0 Å². The molecule has 0 saturated carbocycles.